The molecule has 0 bridgehead atoms. The number of rotatable bonds is 8. The highest BCUT2D eigenvalue weighted by Gasteiger charge is 2.55. The number of likely N-dealkylation sites (tertiary alicyclic amines) is 1. The number of hydrogen-bond donors (Lipinski definition) is 2. The summed E-state index contributed by atoms with van der Waals surface area (Å²) in [6.45, 7) is 2.82. The third-order valence-corrected chi connectivity index (χ3v) is 7.29. The number of piperidine rings is 1. The van der Waals surface area contributed by atoms with Crippen molar-refractivity contribution >= 4 is 10.0 Å². The highest BCUT2D eigenvalue weighted by molar-refractivity contribution is 7.89. The minimum atomic E-state index is -3.12. The molecule has 7 nitrogen and oxygen atoms in total. The maximum atomic E-state index is 11.8. The van der Waals surface area contributed by atoms with Crippen LogP contribution in [0.3, 0.4) is 0 Å². The van der Waals surface area contributed by atoms with Crippen LogP contribution in [0, 0.1) is 5.41 Å². The minimum absolute atomic E-state index is 0.00908. The number of sulfonamides is 1. The van der Waals surface area contributed by atoms with Gasteiger partial charge in [0.05, 0.1) is 31.2 Å². The summed E-state index contributed by atoms with van der Waals surface area (Å²) in [5, 5.41) is 19.1. The highest BCUT2D eigenvalue weighted by Crippen LogP contribution is 2.50. The SMILES string of the molecule is CN(C)S(=O)(=O)CCCN1CCC2(CC1)[C@@H](O)C[C@H]2OCCO. The molecule has 136 valence electrons. The van der Waals surface area contributed by atoms with Crippen LogP contribution in [0.25, 0.3) is 0 Å². The maximum absolute atomic E-state index is 11.8. The first-order valence-corrected chi connectivity index (χ1v) is 9.96. The summed E-state index contributed by atoms with van der Waals surface area (Å²) in [5.41, 5.74) is -0.165. The zero-order valence-electron chi connectivity index (χ0n) is 14.1. The lowest BCUT2D eigenvalue weighted by Gasteiger charge is -2.56. The Balaban J connectivity index is 1.75. The molecule has 0 amide bonds. The molecule has 2 N–H and O–H groups in total. The van der Waals surface area contributed by atoms with Gasteiger partial charge in [0, 0.05) is 25.9 Å². The molecule has 1 heterocycles. The van der Waals surface area contributed by atoms with Crippen LogP contribution >= 0.6 is 0 Å². The first-order chi connectivity index (χ1) is 10.8. The van der Waals surface area contributed by atoms with Gasteiger partial charge in [0.15, 0.2) is 0 Å². The van der Waals surface area contributed by atoms with E-state index in [4.69, 9.17) is 9.84 Å². The Morgan fingerprint density at radius 2 is 1.96 bits per heavy atom. The van der Waals surface area contributed by atoms with Gasteiger partial charge in [0.1, 0.15) is 0 Å². The normalized spacial score (nSPS) is 28.2. The molecule has 1 saturated heterocycles. The zero-order chi connectivity index (χ0) is 17.1. The average molecular weight is 350 g/mol. The van der Waals surface area contributed by atoms with Crippen LogP contribution in [0.2, 0.25) is 0 Å². The van der Waals surface area contributed by atoms with Crippen LogP contribution in [0.15, 0.2) is 0 Å². The summed E-state index contributed by atoms with van der Waals surface area (Å²) in [4.78, 5) is 2.27. The summed E-state index contributed by atoms with van der Waals surface area (Å²) in [7, 11) is -0.000160. The van der Waals surface area contributed by atoms with Gasteiger partial charge < -0.3 is 19.8 Å². The summed E-state index contributed by atoms with van der Waals surface area (Å²) in [5.74, 6) is 0.173. The van der Waals surface area contributed by atoms with Crippen molar-refractivity contribution in [1.82, 2.24) is 9.21 Å². The van der Waals surface area contributed by atoms with E-state index in [1.807, 2.05) is 0 Å². The van der Waals surface area contributed by atoms with Gasteiger partial charge in [0.25, 0.3) is 0 Å². The molecule has 0 aromatic heterocycles. The van der Waals surface area contributed by atoms with E-state index in [1.54, 1.807) is 14.1 Å². The fourth-order valence-corrected chi connectivity index (χ4v) is 4.52. The van der Waals surface area contributed by atoms with Crippen LogP contribution in [0.1, 0.15) is 25.7 Å². The van der Waals surface area contributed by atoms with Gasteiger partial charge in [-0.25, -0.2) is 12.7 Å². The fourth-order valence-electron chi connectivity index (χ4n) is 3.66. The number of aliphatic hydroxyl groups excluding tert-OH is 2. The van der Waals surface area contributed by atoms with Crippen molar-refractivity contribution < 1.29 is 23.4 Å². The van der Waals surface area contributed by atoms with Crippen LogP contribution in [-0.4, -0.2) is 92.7 Å². The molecule has 2 aliphatic rings. The van der Waals surface area contributed by atoms with Crippen LogP contribution < -0.4 is 0 Å². The van der Waals surface area contributed by atoms with E-state index < -0.39 is 10.0 Å². The quantitative estimate of drug-likeness (QED) is 0.613. The number of aliphatic hydroxyl groups is 2. The van der Waals surface area contributed by atoms with Crippen molar-refractivity contribution in [1.29, 1.82) is 0 Å². The van der Waals surface area contributed by atoms with Gasteiger partial charge >= 0.3 is 0 Å². The molecule has 0 radical (unpaired) electrons. The van der Waals surface area contributed by atoms with E-state index in [-0.39, 0.29) is 30.0 Å². The van der Waals surface area contributed by atoms with Crippen molar-refractivity contribution in [3.63, 3.8) is 0 Å². The van der Waals surface area contributed by atoms with E-state index in [0.29, 0.717) is 19.4 Å². The van der Waals surface area contributed by atoms with E-state index >= 15 is 0 Å². The molecular formula is C15H30N2O5S. The third-order valence-electron chi connectivity index (χ3n) is 5.37. The van der Waals surface area contributed by atoms with Crippen molar-refractivity contribution in [3.8, 4) is 0 Å². The van der Waals surface area contributed by atoms with Crippen LogP contribution in [0.4, 0.5) is 0 Å². The second kappa shape index (κ2) is 7.76. The molecule has 0 aromatic rings. The molecule has 2 fully saturated rings. The van der Waals surface area contributed by atoms with E-state index in [0.717, 1.165) is 32.5 Å². The first kappa shape index (κ1) is 19.1. The van der Waals surface area contributed by atoms with Crippen LogP contribution in [0.5, 0.6) is 0 Å². The monoisotopic (exact) mass is 350 g/mol. The molecular weight excluding hydrogens is 320 g/mol. The molecule has 1 saturated carbocycles. The molecule has 23 heavy (non-hydrogen) atoms. The maximum Gasteiger partial charge on any atom is 0.213 e. The summed E-state index contributed by atoms with van der Waals surface area (Å²) < 4.78 is 30.4. The highest BCUT2D eigenvalue weighted by atomic mass is 32.2. The Morgan fingerprint density at radius 1 is 1.30 bits per heavy atom. The lowest BCUT2D eigenvalue weighted by Crippen LogP contribution is -2.62. The van der Waals surface area contributed by atoms with Crippen molar-refractivity contribution in [3.05, 3.63) is 0 Å². The fraction of sp³-hybridized carbons (Fsp3) is 1.00. The summed E-state index contributed by atoms with van der Waals surface area (Å²) >= 11 is 0. The topological polar surface area (TPSA) is 90.3 Å². The Labute approximate surface area is 139 Å². The lowest BCUT2D eigenvalue weighted by molar-refractivity contribution is -0.213. The second-order valence-corrected chi connectivity index (χ2v) is 9.16. The molecule has 0 aromatic carbocycles. The van der Waals surface area contributed by atoms with E-state index in [9.17, 15) is 13.5 Å². The average Bonchev–Trinajstić information content (AvgIpc) is 2.51. The Morgan fingerprint density at radius 3 is 2.48 bits per heavy atom. The third kappa shape index (κ3) is 4.24. The standard InChI is InChI=1S/C15H30N2O5S/c1-16(2)23(20,21)11-3-6-17-7-4-15(5-8-17)13(19)12-14(15)22-10-9-18/h13-14,18-19H,3-12H2,1-2H3/t13-,14+/m0/s1. The molecule has 2 rings (SSSR count). The molecule has 8 heteroatoms. The minimum Gasteiger partial charge on any atom is -0.394 e. The van der Waals surface area contributed by atoms with Gasteiger partial charge in [-0.15, -0.1) is 0 Å². The zero-order valence-corrected chi connectivity index (χ0v) is 15.0. The number of ether oxygens (including phenoxy) is 1. The van der Waals surface area contributed by atoms with Gasteiger partial charge in [-0.3, -0.25) is 0 Å². The van der Waals surface area contributed by atoms with Gasteiger partial charge in [-0.2, -0.15) is 0 Å². The smallest absolute Gasteiger partial charge is 0.213 e. The first-order valence-electron chi connectivity index (χ1n) is 8.35. The predicted molar refractivity (Wildman–Crippen MR) is 87.6 cm³/mol. The number of nitrogens with zero attached hydrogens (tertiary/aromatic N) is 2. The molecule has 1 aliphatic carbocycles. The van der Waals surface area contributed by atoms with Gasteiger partial charge in [-0.05, 0) is 38.9 Å². The second-order valence-electron chi connectivity index (χ2n) is 6.86. The number of hydrogen-bond acceptors (Lipinski definition) is 6. The van der Waals surface area contributed by atoms with Crippen LogP contribution in [-0.2, 0) is 14.8 Å². The summed E-state index contributed by atoms with van der Waals surface area (Å²) in [6.07, 6.45) is 2.74. The predicted octanol–water partition coefficient (Wildman–Crippen LogP) is -0.508. The van der Waals surface area contributed by atoms with Gasteiger partial charge in [-0.1, -0.05) is 0 Å². The Kier molecular flexibility index (Phi) is 6.43. The Bertz CT molecular complexity index is 474. The van der Waals surface area contributed by atoms with Crippen molar-refractivity contribution in [2.45, 2.75) is 37.9 Å². The van der Waals surface area contributed by atoms with Crippen molar-refractivity contribution in [2.75, 3.05) is 52.7 Å². The van der Waals surface area contributed by atoms with Gasteiger partial charge in [0.2, 0.25) is 10.0 Å². The van der Waals surface area contributed by atoms with Crippen molar-refractivity contribution in [2.24, 2.45) is 5.41 Å². The Hall–Kier alpha value is -0.250. The molecule has 2 atom stereocenters. The van der Waals surface area contributed by atoms with E-state index in [2.05, 4.69) is 4.90 Å². The largest absolute Gasteiger partial charge is 0.394 e. The molecule has 0 unspecified atom stereocenters. The molecule has 1 spiro atoms. The summed E-state index contributed by atoms with van der Waals surface area (Å²) in [6, 6.07) is 0. The van der Waals surface area contributed by atoms with E-state index in [1.165, 1.54) is 4.31 Å². The molecule has 1 aliphatic heterocycles. The lowest BCUT2D eigenvalue weighted by atomic mass is 9.58.